The molecule has 3 heteroatoms. The molecule has 0 spiro atoms. The second-order valence-electron chi connectivity index (χ2n) is 4.30. The van der Waals surface area contributed by atoms with Crippen LogP contribution in [0.3, 0.4) is 0 Å². The van der Waals surface area contributed by atoms with Gasteiger partial charge in [-0.1, -0.05) is 25.7 Å². The summed E-state index contributed by atoms with van der Waals surface area (Å²) in [5.41, 5.74) is 0. The van der Waals surface area contributed by atoms with Gasteiger partial charge < -0.3 is 5.11 Å². The van der Waals surface area contributed by atoms with Gasteiger partial charge in [-0.25, -0.2) is 0 Å². The van der Waals surface area contributed by atoms with Crippen LogP contribution in [0.5, 0.6) is 0 Å². The first-order chi connectivity index (χ1) is 5.49. The highest BCUT2D eigenvalue weighted by Crippen LogP contribution is 2.26. The maximum Gasteiger partial charge on any atom is 0.0858 e. The Morgan fingerprint density at radius 1 is 1.50 bits per heavy atom. The van der Waals surface area contributed by atoms with Gasteiger partial charge in [0, 0.05) is 13.0 Å². The summed E-state index contributed by atoms with van der Waals surface area (Å²) in [6.07, 6.45) is -0.225. The highest BCUT2D eigenvalue weighted by Gasteiger charge is 2.20. The van der Waals surface area contributed by atoms with Crippen molar-refractivity contribution in [3.05, 3.63) is 22.4 Å². The lowest BCUT2D eigenvalue weighted by Gasteiger charge is -2.19. The summed E-state index contributed by atoms with van der Waals surface area (Å²) in [4.78, 5) is 1.11. The zero-order chi connectivity index (χ0) is 9.19. The molecular formula is C9H16OSSi. The third kappa shape index (κ3) is 3.09. The summed E-state index contributed by atoms with van der Waals surface area (Å²) in [6.45, 7) is 6.84. The van der Waals surface area contributed by atoms with E-state index in [0.29, 0.717) is 0 Å². The van der Waals surface area contributed by atoms with Crippen LogP contribution < -0.4 is 0 Å². The van der Waals surface area contributed by atoms with Crippen LogP contribution >= 0.6 is 11.3 Å². The molecule has 68 valence electrons. The molecule has 0 radical (unpaired) electrons. The van der Waals surface area contributed by atoms with Crippen molar-refractivity contribution in [1.29, 1.82) is 0 Å². The third-order valence-corrected chi connectivity index (χ3v) is 4.26. The number of rotatable bonds is 3. The highest BCUT2D eigenvalue weighted by molar-refractivity contribution is 7.10. The average molecular weight is 200 g/mol. The first-order valence-corrected chi connectivity index (χ1v) is 8.79. The van der Waals surface area contributed by atoms with E-state index in [9.17, 15) is 5.11 Å². The van der Waals surface area contributed by atoms with Crippen LogP contribution in [0.1, 0.15) is 11.0 Å². The summed E-state index contributed by atoms with van der Waals surface area (Å²) >= 11 is 1.64. The quantitative estimate of drug-likeness (QED) is 0.743. The predicted octanol–water partition coefficient (Wildman–Crippen LogP) is 3.12. The van der Waals surface area contributed by atoms with E-state index in [2.05, 4.69) is 19.6 Å². The molecule has 0 aliphatic rings. The second kappa shape index (κ2) is 3.73. The zero-order valence-electron chi connectivity index (χ0n) is 7.87. The molecule has 12 heavy (non-hydrogen) atoms. The molecule has 0 fully saturated rings. The van der Waals surface area contributed by atoms with Gasteiger partial charge in [0.25, 0.3) is 0 Å². The van der Waals surface area contributed by atoms with Crippen LogP contribution in [-0.4, -0.2) is 13.2 Å². The molecule has 0 aromatic carbocycles. The molecule has 1 aromatic heterocycles. The Bertz CT molecular complexity index is 225. The van der Waals surface area contributed by atoms with Crippen LogP contribution in [0, 0.1) is 0 Å². The summed E-state index contributed by atoms with van der Waals surface area (Å²) in [5.74, 6) is 0. The van der Waals surface area contributed by atoms with Gasteiger partial charge in [0.05, 0.1) is 6.10 Å². The maximum atomic E-state index is 9.79. The van der Waals surface area contributed by atoms with E-state index >= 15 is 0 Å². The van der Waals surface area contributed by atoms with E-state index in [0.717, 1.165) is 10.9 Å². The second-order valence-corrected chi connectivity index (χ2v) is 10.8. The minimum atomic E-state index is -1.12. The predicted molar refractivity (Wildman–Crippen MR) is 57.4 cm³/mol. The Morgan fingerprint density at radius 3 is 2.58 bits per heavy atom. The number of hydrogen-bond donors (Lipinski definition) is 1. The number of aliphatic hydroxyl groups is 1. The molecule has 0 unspecified atom stereocenters. The Hall–Kier alpha value is -0.123. The standard InChI is InChI=1S/C9H16OSSi/c1-12(2,3)7-8(10)9-5-4-6-11-9/h4-6,8,10H,7H2,1-3H3/t8-/m1/s1. The largest absolute Gasteiger partial charge is 0.388 e. The first-order valence-electron chi connectivity index (χ1n) is 4.20. The van der Waals surface area contributed by atoms with E-state index in [1.807, 2.05) is 17.5 Å². The number of thiophene rings is 1. The fraction of sp³-hybridized carbons (Fsp3) is 0.556. The number of aliphatic hydroxyl groups excluding tert-OH is 1. The Morgan fingerprint density at radius 2 is 2.17 bits per heavy atom. The monoisotopic (exact) mass is 200 g/mol. The van der Waals surface area contributed by atoms with Crippen LogP contribution in [0.4, 0.5) is 0 Å². The van der Waals surface area contributed by atoms with Crippen molar-refractivity contribution < 1.29 is 5.11 Å². The fourth-order valence-electron chi connectivity index (χ4n) is 1.16. The molecule has 1 rings (SSSR count). The molecular weight excluding hydrogens is 184 g/mol. The van der Waals surface area contributed by atoms with Crippen molar-refractivity contribution >= 4 is 19.4 Å². The summed E-state index contributed by atoms with van der Waals surface area (Å²) in [6, 6.07) is 4.97. The van der Waals surface area contributed by atoms with Crippen molar-refractivity contribution in [2.75, 3.05) is 0 Å². The summed E-state index contributed by atoms with van der Waals surface area (Å²) < 4.78 is 0. The van der Waals surface area contributed by atoms with Crippen molar-refractivity contribution in [3.8, 4) is 0 Å². The van der Waals surface area contributed by atoms with Gasteiger partial charge in [-0.15, -0.1) is 11.3 Å². The molecule has 1 aromatic rings. The Balaban J connectivity index is 2.56. The van der Waals surface area contributed by atoms with Crippen molar-refractivity contribution in [2.45, 2.75) is 31.8 Å². The average Bonchev–Trinajstić information content (AvgIpc) is 2.32. The Kier molecular flexibility index (Phi) is 3.09. The van der Waals surface area contributed by atoms with Gasteiger partial charge in [-0.3, -0.25) is 0 Å². The fourth-order valence-corrected chi connectivity index (χ4v) is 3.40. The molecule has 1 N–H and O–H groups in total. The van der Waals surface area contributed by atoms with Crippen LogP contribution in [0.25, 0.3) is 0 Å². The zero-order valence-corrected chi connectivity index (χ0v) is 9.69. The van der Waals surface area contributed by atoms with E-state index in [4.69, 9.17) is 0 Å². The topological polar surface area (TPSA) is 20.2 Å². The molecule has 0 aliphatic heterocycles. The van der Waals surface area contributed by atoms with E-state index in [1.54, 1.807) is 11.3 Å². The smallest absolute Gasteiger partial charge is 0.0858 e. The molecule has 0 aliphatic carbocycles. The van der Waals surface area contributed by atoms with Crippen molar-refractivity contribution in [2.24, 2.45) is 0 Å². The maximum absolute atomic E-state index is 9.79. The lowest BCUT2D eigenvalue weighted by atomic mass is 10.3. The molecule has 0 saturated heterocycles. The Labute approximate surface area is 79.1 Å². The van der Waals surface area contributed by atoms with Crippen LogP contribution in [0.2, 0.25) is 25.7 Å². The molecule has 1 atom stereocenters. The van der Waals surface area contributed by atoms with Crippen molar-refractivity contribution in [3.63, 3.8) is 0 Å². The highest BCUT2D eigenvalue weighted by atomic mass is 32.1. The van der Waals surface area contributed by atoms with E-state index in [-0.39, 0.29) is 6.10 Å². The van der Waals surface area contributed by atoms with Crippen LogP contribution in [-0.2, 0) is 0 Å². The van der Waals surface area contributed by atoms with E-state index in [1.165, 1.54) is 0 Å². The molecule has 0 bridgehead atoms. The van der Waals surface area contributed by atoms with Crippen molar-refractivity contribution in [1.82, 2.24) is 0 Å². The summed E-state index contributed by atoms with van der Waals surface area (Å²) in [5, 5.41) is 11.8. The van der Waals surface area contributed by atoms with Gasteiger partial charge in [0.15, 0.2) is 0 Å². The first kappa shape index (κ1) is 9.96. The van der Waals surface area contributed by atoms with E-state index < -0.39 is 8.07 Å². The number of hydrogen-bond acceptors (Lipinski definition) is 2. The molecule has 0 saturated carbocycles. The third-order valence-electron chi connectivity index (χ3n) is 1.68. The molecule has 1 heterocycles. The lowest BCUT2D eigenvalue weighted by Crippen LogP contribution is -2.22. The minimum Gasteiger partial charge on any atom is -0.388 e. The lowest BCUT2D eigenvalue weighted by molar-refractivity contribution is 0.201. The van der Waals surface area contributed by atoms with Gasteiger partial charge in [-0.05, 0) is 17.5 Å². The summed E-state index contributed by atoms with van der Waals surface area (Å²) in [7, 11) is -1.12. The van der Waals surface area contributed by atoms with Crippen LogP contribution in [0.15, 0.2) is 17.5 Å². The van der Waals surface area contributed by atoms with Gasteiger partial charge in [0.2, 0.25) is 0 Å². The SMILES string of the molecule is C[Si](C)(C)C[C@@H](O)c1cccs1. The van der Waals surface area contributed by atoms with Gasteiger partial charge in [0.1, 0.15) is 0 Å². The van der Waals surface area contributed by atoms with Gasteiger partial charge >= 0.3 is 0 Å². The minimum absolute atomic E-state index is 0.225. The van der Waals surface area contributed by atoms with Gasteiger partial charge in [-0.2, -0.15) is 0 Å². The molecule has 0 amide bonds. The normalized spacial score (nSPS) is 14.7. The molecule has 1 nitrogen and oxygen atoms in total.